The summed E-state index contributed by atoms with van der Waals surface area (Å²) in [6.07, 6.45) is 1.87. The van der Waals surface area contributed by atoms with Crippen LogP contribution >= 0.6 is 11.6 Å². The van der Waals surface area contributed by atoms with Gasteiger partial charge >= 0.3 is 0 Å². The molecule has 0 amide bonds. The molecule has 1 fully saturated rings. The third kappa shape index (κ3) is 3.55. The highest BCUT2D eigenvalue weighted by atomic mass is 35.5. The molecule has 0 spiro atoms. The average molecular weight is 408 g/mol. The largest absolute Gasteiger partial charge is 0.289 e. The Hall–Kier alpha value is -2.44. The molecule has 1 aliphatic heterocycles. The Balaban J connectivity index is 2.01. The maximum atomic E-state index is 12.4. The topological polar surface area (TPSA) is 110 Å². The molecule has 0 aromatic carbocycles. The van der Waals surface area contributed by atoms with Gasteiger partial charge < -0.3 is 0 Å². The summed E-state index contributed by atoms with van der Waals surface area (Å²) < 4.78 is 26.1. The van der Waals surface area contributed by atoms with Crippen molar-refractivity contribution in [2.24, 2.45) is 5.10 Å². The van der Waals surface area contributed by atoms with Crippen LogP contribution in [0.2, 0.25) is 5.15 Å². The third-order valence-electron chi connectivity index (χ3n) is 4.60. The molecule has 2 aromatic rings. The van der Waals surface area contributed by atoms with Crippen LogP contribution in [0.4, 0.5) is 0 Å². The quantitative estimate of drug-likeness (QED) is 0.719. The zero-order chi connectivity index (χ0) is 19.9. The lowest BCUT2D eigenvalue weighted by molar-refractivity contribution is 0.497. The van der Waals surface area contributed by atoms with Crippen LogP contribution in [-0.2, 0) is 9.84 Å². The molecule has 0 unspecified atom stereocenters. The second kappa shape index (κ2) is 6.94. The minimum Gasteiger partial charge on any atom is -0.266 e. The molecule has 1 aliphatic rings. The van der Waals surface area contributed by atoms with E-state index in [9.17, 15) is 13.2 Å². The summed E-state index contributed by atoms with van der Waals surface area (Å²) in [6.45, 7) is 5.15. The molecule has 10 heteroatoms. The van der Waals surface area contributed by atoms with Crippen molar-refractivity contribution >= 4 is 27.7 Å². The van der Waals surface area contributed by atoms with E-state index in [4.69, 9.17) is 16.9 Å². The van der Waals surface area contributed by atoms with Crippen molar-refractivity contribution < 1.29 is 8.42 Å². The van der Waals surface area contributed by atoms with Gasteiger partial charge in [-0.15, -0.1) is 0 Å². The summed E-state index contributed by atoms with van der Waals surface area (Å²) in [5.74, 6) is 0.123. The average Bonchev–Trinajstić information content (AvgIpc) is 3.07. The van der Waals surface area contributed by atoms with Gasteiger partial charge in [-0.1, -0.05) is 11.6 Å². The van der Waals surface area contributed by atoms with Crippen molar-refractivity contribution in [3.8, 4) is 6.07 Å². The zero-order valence-corrected chi connectivity index (χ0v) is 16.7. The second-order valence-corrected chi connectivity index (χ2v) is 9.20. The standard InChI is InChI=1S/C17H18ClN5O3S/c1-10-6-11(2)22(17(24)14(10)7-19)20-8-15-12(3)21-23(16(15)18)13-4-5-27(25,26)9-13/h6,8,13H,4-5,9H2,1-3H3/t13-/m0/s1. The van der Waals surface area contributed by atoms with Crippen molar-refractivity contribution in [1.29, 1.82) is 5.26 Å². The lowest BCUT2D eigenvalue weighted by Gasteiger charge is -2.09. The molecule has 3 rings (SSSR count). The number of hydrogen-bond acceptors (Lipinski definition) is 6. The van der Waals surface area contributed by atoms with Crippen molar-refractivity contribution in [1.82, 2.24) is 14.5 Å². The molecule has 142 valence electrons. The number of nitrogens with zero attached hydrogens (tertiary/aromatic N) is 5. The first kappa shape index (κ1) is 19.3. The number of pyridine rings is 1. The first-order chi connectivity index (χ1) is 12.6. The normalized spacial score (nSPS) is 18.9. The summed E-state index contributed by atoms with van der Waals surface area (Å²) >= 11 is 6.41. The van der Waals surface area contributed by atoms with E-state index in [1.165, 1.54) is 10.9 Å². The van der Waals surface area contributed by atoms with Crippen molar-refractivity contribution in [3.63, 3.8) is 0 Å². The molecule has 0 N–H and O–H groups in total. The van der Waals surface area contributed by atoms with Gasteiger partial charge in [0.15, 0.2) is 9.84 Å². The molecule has 1 atom stereocenters. The van der Waals surface area contributed by atoms with Crippen LogP contribution in [0.1, 0.15) is 40.5 Å². The minimum absolute atomic E-state index is 0.00643. The number of aryl methyl sites for hydroxylation is 3. The number of rotatable bonds is 3. The lowest BCUT2D eigenvalue weighted by atomic mass is 10.1. The van der Waals surface area contributed by atoms with E-state index in [2.05, 4.69) is 10.2 Å². The fourth-order valence-electron chi connectivity index (χ4n) is 3.17. The minimum atomic E-state index is -3.07. The molecule has 0 aliphatic carbocycles. The van der Waals surface area contributed by atoms with E-state index in [1.807, 2.05) is 6.07 Å². The molecule has 8 nitrogen and oxygen atoms in total. The fourth-order valence-corrected chi connectivity index (χ4v) is 5.22. The van der Waals surface area contributed by atoms with E-state index >= 15 is 0 Å². The summed E-state index contributed by atoms with van der Waals surface area (Å²) in [4.78, 5) is 12.4. The molecular formula is C17H18ClN5O3S. The molecule has 0 radical (unpaired) electrons. The maximum Gasteiger partial charge on any atom is 0.289 e. The third-order valence-corrected chi connectivity index (χ3v) is 6.73. The van der Waals surface area contributed by atoms with Crippen LogP contribution in [0.3, 0.4) is 0 Å². The Kier molecular flexibility index (Phi) is 4.97. The van der Waals surface area contributed by atoms with Crippen molar-refractivity contribution in [2.45, 2.75) is 33.2 Å². The Morgan fingerprint density at radius 2 is 2.11 bits per heavy atom. The van der Waals surface area contributed by atoms with Gasteiger partial charge in [-0.3, -0.25) is 4.79 Å². The van der Waals surface area contributed by atoms with E-state index in [-0.39, 0.29) is 28.3 Å². The number of hydrogen-bond donors (Lipinski definition) is 0. The van der Waals surface area contributed by atoms with E-state index in [1.54, 1.807) is 26.8 Å². The van der Waals surface area contributed by atoms with Crippen LogP contribution < -0.4 is 5.56 Å². The summed E-state index contributed by atoms with van der Waals surface area (Å²) in [5.41, 5.74) is 1.78. The SMILES string of the molecule is Cc1cc(C)n(N=Cc2c(C)nn([C@H]3CCS(=O)(=O)C3)c2Cl)c(=O)c1C#N. The van der Waals surface area contributed by atoms with Gasteiger partial charge in [0, 0.05) is 5.69 Å². The highest BCUT2D eigenvalue weighted by molar-refractivity contribution is 7.91. The van der Waals surface area contributed by atoms with Gasteiger partial charge in [-0.2, -0.15) is 15.5 Å². The van der Waals surface area contributed by atoms with Gasteiger partial charge in [0.05, 0.1) is 35.0 Å². The highest BCUT2D eigenvalue weighted by Crippen LogP contribution is 2.29. The Bertz CT molecular complexity index is 1150. The van der Waals surface area contributed by atoms with Crippen LogP contribution in [0.15, 0.2) is 16.0 Å². The Labute approximate surface area is 161 Å². The summed E-state index contributed by atoms with van der Waals surface area (Å²) in [7, 11) is -3.07. The molecule has 0 saturated carbocycles. The zero-order valence-electron chi connectivity index (χ0n) is 15.1. The van der Waals surface area contributed by atoms with Crippen LogP contribution in [0.25, 0.3) is 0 Å². The lowest BCUT2D eigenvalue weighted by Crippen LogP contribution is -2.22. The monoisotopic (exact) mass is 407 g/mol. The van der Waals surface area contributed by atoms with Crippen LogP contribution in [0.5, 0.6) is 0 Å². The number of aromatic nitrogens is 3. The van der Waals surface area contributed by atoms with E-state index < -0.39 is 15.4 Å². The van der Waals surface area contributed by atoms with Gasteiger partial charge in [0.2, 0.25) is 0 Å². The van der Waals surface area contributed by atoms with Gasteiger partial charge in [-0.25, -0.2) is 17.8 Å². The fraction of sp³-hybridized carbons (Fsp3) is 0.412. The summed E-state index contributed by atoms with van der Waals surface area (Å²) in [5, 5.41) is 18.0. The Morgan fingerprint density at radius 1 is 1.41 bits per heavy atom. The molecule has 0 bridgehead atoms. The molecule has 1 saturated heterocycles. The Morgan fingerprint density at radius 3 is 2.70 bits per heavy atom. The number of nitriles is 1. The van der Waals surface area contributed by atoms with Gasteiger partial charge in [-0.05, 0) is 38.8 Å². The first-order valence-electron chi connectivity index (χ1n) is 8.27. The van der Waals surface area contributed by atoms with Crippen LogP contribution in [0, 0.1) is 32.1 Å². The summed E-state index contributed by atoms with van der Waals surface area (Å²) in [6, 6.07) is 3.29. The molecule has 3 heterocycles. The predicted molar refractivity (Wildman–Crippen MR) is 102 cm³/mol. The molecule has 27 heavy (non-hydrogen) atoms. The highest BCUT2D eigenvalue weighted by Gasteiger charge is 2.31. The van der Waals surface area contributed by atoms with Crippen molar-refractivity contribution in [2.75, 3.05) is 11.5 Å². The van der Waals surface area contributed by atoms with Gasteiger partial charge in [0.25, 0.3) is 5.56 Å². The number of sulfone groups is 1. The number of halogens is 1. The molecule has 2 aromatic heterocycles. The predicted octanol–water partition coefficient (Wildman–Crippen LogP) is 1.74. The van der Waals surface area contributed by atoms with E-state index in [0.29, 0.717) is 28.9 Å². The van der Waals surface area contributed by atoms with Crippen molar-refractivity contribution in [3.05, 3.63) is 49.7 Å². The first-order valence-corrected chi connectivity index (χ1v) is 10.5. The van der Waals surface area contributed by atoms with Crippen LogP contribution in [-0.4, -0.2) is 40.6 Å². The smallest absolute Gasteiger partial charge is 0.266 e. The van der Waals surface area contributed by atoms with E-state index in [0.717, 1.165) is 4.68 Å². The molecular weight excluding hydrogens is 390 g/mol. The second-order valence-electron chi connectivity index (χ2n) is 6.61. The maximum absolute atomic E-state index is 12.4. The van der Waals surface area contributed by atoms with Gasteiger partial charge in [0.1, 0.15) is 16.8 Å².